The molecule has 0 radical (unpaired) electrons. The Bertz CT molecular complexity index is 851. The van der Waals surface area contributed by atoms with Crippen LogP contribution in [0.2, 0.25) is 0 Å². The van der Waals surface area contributed by atoms with E-state index in [1.807, 2.05) is 6.92 Å². The monoisotopic (exact) mass is 365 g/mol. The lowest BCUT2D eigenvalue weighted by atomic mass is 9.62. The molecule has 3 nitrogen and oxygen atoms in total. The SMILES string of the molecule is C=C(\C=N/C=C(C)/C=C/C(=O)O)c1cc2c(cc1C)C(C)(C)CCC2(C)C. The van der Waals surface area contributed by atoms with E-state index in [9.17, 15) is 4.79 Å². The van der Waals surface area contributed by atoms with Gasteiger partial charge in [0.25, 0.3) is 0 Å². The molecule has 0 amide bonds. The second kappa shape index (κ2) is 7.67. The number of fused-ring (bicyclic) bond motifs is 1. The van der Waals surface area contributed by atoms with Crippen LogP contribution in [0.1, 0.15) is 69.7 Å². The van der Waals surface area contributed by atoms with E-state index in [2.05, 4.69) is 58.3 Å². The van der Waals surface area contributed by atoms with Gasteiger partial charge in [0.15, 0.2) is 0 Å². The number of rotatable bonds is 5. The Kier molecular flexibility index (Phi) is 5.94. The minimum atomic E-state index is -0.966. The van der Waals surface area contributed by atoms with Crippen molar-refractivity contribution >= 4 is 17.8 Å². The molecular formula is C24H31NO2. The van der Waals surface area contributed by atoms with E-state index in [1.165, 1.54) is 35.6 Å². The number of aliphatic imine (C=N–C) groups is 1. The lowest BCUT2D eigenvalue weighted by molar-refractivity contribution is -0.131. The molecule has 2 rings (SSSR count). The van der Waals surface area contributed by atoms with Crippen LogP contribution in [0.5, 0.6) is 0 Å². The fourth-order valence-electron chi connectivity index (χ4n) is 3.63. The van der Waals surface area contributed by atoms with E-state index in [4.69, 9.17) is 5.11 Å². The molecule has 0 aromatic heterocycles. The smallest absolute Gasteiger partial charge is 0.328 e. The zero-order valence-corrected chi connectivity index (χ0v) is 17.4. The van der Waals surface area contributed by atoms with Crippen LogP contribution in [0.15, 0.2) is 47.6 Å². The molecule has 0 unspecified atom stereocenters. The first-order valence-corrected chi connectivity index (χ1v) is 9.40. The van der Waals surface area contributed by atoms with Gasteiger partial charge in [0.2, 0.25) is 0 Å². The number of aliphatic carboxylic acids is 1. The van der Waals surface area contributed by atoms with Crippen LogP contribution in [0.25, 0.3) is 5.57 Å². The lowest BCUT2D eigenvalue weighted by Gasteiger charge is -2.42. The maximum Gasteiger partial charge on any atom is 0.328 e. The molecule has 3 heteroatoms. The number of benzene rings is 1. The first-order chi connectivity index (χ1) is 12.4. The zero-order chi connectivity index (χ0) is 20.4. The third kappa shape index (κ3) is 4.85. The Morgan fingerprint density at radius 3 is 2.22 bits per heavy atom. The predicted octanol–water partition coefficient (Wildman–Crippen LogP) is 5.97. The Hall–Kier alpha value is -2.42. The van der Waals surface area contributed by atoms with Crippen molar-refractivity contribution in [3.63, 3.8) is 0 Å². The largest absolute Gasteiger partial charge is 0.478 e. The van der Waals surface area contributed by atoms with Crippen molar-refractivity contribution in [2.45, 2.75) is 65.2 Å². The summed E-state index contributed by atoms with van der Waals surface area (Å²) in [6.07, 6.45) is 8.39. The van der Waals surface area contributed by atoms with Crippen LogP contribution in [-0.2, 0) is 15.6 Å². The molecule has 0 atom stereocenters. The summed E-state index contributed by atoms with van der Waals surface area (Å²) in [5.41, 5.74) is 7.16. The van der Waals surface area contributed by atoms with Crippen molar-refractivity contribution in [2.24, 2.45) is 4.99 Å². The quantitative estimate of drug-likeness (QED) is 0.397. The zero-order valence-electron chi connectivity index (χ0n) is 17.4. The van der Waals surface area contributed by atoms with Gasteiger partial charge in [-0.25, -0.2) is 4.79 Å². The number of carboxylic acids is 1. The molecule has 0 bridgehead atoms. The van der Waals surface area contributed by atoms with Crippen molar-refractivity contribution in [1.29, 1.82) is 0 Å². The molecule has 27 heavy (non-hydrogen) atoms. The summed E-state index contributed by atoms with van der Waals surface area (Å²) in [4.78, 5) is 14.9. The van der Waals surface area contributed by atoms with Gasteiger partial charge in [-0.15, -0.1) is 0 Å². The third-order valence-corrected chi connectivity index (χ3v) is 5.54. The van der Waals surface area contributed by atoms with Crippen LogP contribution < -0.4 is 0 Å². The van der Waals surface area contributed by atoms with Crippen LogP contribution in [-0.4, -0.2) is 17.3 Å². The first kappa shape index (κ1) is 20.9. The first-order valence-electron chi connectivity index (χ1n) is 9.40. The molecule has 1 aliphatic rings. The van der Waals surface area contributed by atoms with Crippen molar-refractivity contribution < 1.29 is 9.90 Å². The van der Waals surface area contributed by atoms with Gasteiger partial charge in [-0.05, 0) is 70.9 Å². The van der Waals surface area contributed by atoms with E-state index in [0.29, 0.717) is 0 Å². The fraction of sp³-hybridized carbons (Fsp3) is 0.417. The summed E-state index contributed by atoms with van der Waals surface area (Å²) in [5.74, 6) is -0.966. The second-order valence-electron chi connectivity index (χ2n) is 8.83. The Balaban J connectivity index is 2.34. The van der Waals surface area contributed by atoms with Crippen molar-refractivity contribution in [3.8, 4) is 0 Å². The molecule has 0 fully saturated rings. The van der Waals surface area contributed by atoms with Gasteiger partial charge in [0, 0.05) is 18.5 Å². The molecule has 1 aromatic carbocycles. The summed E-state index contributed by atoms with van der Waals surface area (Å²) in [5, 5.41) is 8.66. The van der Waals surface area contributed by atoms with Crippen molar-refractivity contribution in [2.75, 3.05) is 0 Å². The van der Waals surface area contributed by atoms with Gasteiger partial charge in [-0.3, -0.25) is 4.99 Å². The predicted molar refractivity (Wildman–Crippen MR) is 115 cm³/mol. The van der Waals surface area contributed by atoms with Crippen LogP contribution in [0.4, 0.5) is 0 Å². The maximum atomic E-state index is 10.6. The minimum absolute atomic E-state index is 0.156. The summed E-state index contributed by atoms with van der Waals surface area (Å²) in [6.45, 7) is 17.4. The molecule has 1 aliphatic carbocycles. The Morgan fingerprint density at radius 1 is 1.11 bits per heavy atom. The van der Waals surface area contributed by atoms with E-state index < -0.39 is 5.97 Å². The summed E-state index contributed by atoms with van der Waals surface area (Å²) < 4.78 is 0. The van der Waals surface area contributed by atoms with Gasteiger partial charge in [0.1, 0.15) is 0 Å². The Morgan fingerprint density at radius 2 is 1.67 bits per heavy atom. The van der Waals surface area contributed by atoms with Gasteiger partial charge < -0.3 is 5.11 Å². The van der Waals surface area contributed by atoms with E-state index in [1.54, 1.807) is 12.4 Å². The molecular weight excluding hydrogens is 334 g/mol. The molecule has 0 aliphatic heterocycles. The molecule has 1 aromatic rings. The van der Waals surface area contributed by atoms with Crippen LogP contribution >= 0.6 is 0 Å². The summed E-state index contributed by atoms with van der Waals surface area (Å²) in [7, 11) is 0. The number of nitrogens with zero attached hydrogens (tertiary/aromatic N) is 1. The highest BCUT2D eigenvalue weighted by Crippen LogP contribution is 2.46. The number of carbonyl (C=O) groups is 1. The number of allylic oxidation sites excluding steroid dienone is 3. The fourth-order valence-corrected chi connectivity index (χ4v) is 3.63. The molecule has 0 heterocycles. The topological polar surface area (TPSA) is 49.7 Å². The molecule has 144 valence electrons. The highest BCUT2D eigenvalue weighted by molar-refractivity contribution is 6.09. The Labute approximate surface area is 163 Å². The molecule has 0 spiro atoms. The minimum Gasteiger partial charge on any atom is -0.478 e. The van der Waals surface area contributed by atoms with Crippen molar-refractivity contribution in [3.05, 3.63) is 64.9 Å². The van der Waals surface area contributed by atoms with Gasteiger partial charge in [0.05, 0.1) is 0 Å². The average molecular weight is 366 g/mol. The second-order valence-corrected chi connectivity index (χ2v) is 8.83. The standard InChI is InChI=1S/C24H31NO2/c1-16(8-9-22(26)27)14-25-15-18(3)19-13-21-20(12-17(19)2)23(4,5)10-11-24(21,6)7/h8-9,12-15H,3,10-11H2,1-2,4-7H3,(H,26,27)/b9-8+,16-14+,25-15-. The van der Waals surface area contributed by atoms with E-state index in [0.717, 1.165) is 22.8 Å². The highest BCUT2D eigenvalue weighted by atomic mass is 16.4. The van der Waals surface area contributed by atoms with Crippen LogP contribution in [0.3, 0.4) is 0 Å². The lowest BCUT2D eigenvalue weighted by Crippen LogP contribution is -2.34. The normalized spacial score (nSPS) is 18.7. The molecule has 0 saturated carbocycles. The van der Waals surface area contributed by atoms with Gasteiger partial charge >= 0.3 is 5.97 Å². The number of hydrogen-bond acceptors (Lipinski definition) is 2. The third-order valence-electron chi connectivity index (χ3n) is 5.54. The van der Waals surface area contributed by atoms with Crippen LogP contribution in [0, 0.1) is 6.92 Å². The van der Waals surface area contributed by atoms with Gasteiger partial charge in [-0.2, -0.15) is 0 Å². The number of aryl methyl sites for hydroxylation is 1. The van der Waals surface area contributed by atoms with E-state index in [-0.39, 0.29) is 10.8 Å². The average Bonchev–Trinajstić information content (AvgIpc) is 2.56. The number of carboxylic acid groups (broad SMARTS) is 1. The molecule has 1 N–H and O–H groups in total. The summed E-state index contributed by atoms with van der Waals surface area (Å²) >= 11 is 0. The van der Waals surface area contributed by atoms with Gasteiger partial charge in [-0.1, -0.05) is 52.5 Å². The van der Waals surface area contributed by atoms with Crippen molar-refractivity contribution in [1.82, 2.24) is 0 Å². The summed E-state index contributed by atoms with van der Waals surface area (Å²) in [6, 6.07) is 4.61. The number of hydrogen-bond donors (Lipinski definition) is 1. The highest BCUT2D eigenvalue weighted by Gasteiger charge is 2.37. The maximum absolute atomic E-state index is 10.6. The molecule has 0 saturated heterocycles. The van der Waals surface area contributed by atoms with E-state index >= 15 is 0 Å².